The molecule has 0 fully saturated rings. The number of benzene rings is 1. The first-order chi connectivity index (χ1) is 10.8. The van der Waals surface area contributed by atoms with Gasteiger partial charge in [-0.15, -0.1) is 21.5 Å². The van der Waals surface area contributed by atoms with E-state index in [1.807, 2.05) is 23.6 Å². The molecule has 2 aromatic heterocycles. The molecule has 7 heteroatoms. The predicted octanol–water partition coefficient (Wildman–Crippen LogP) is 3.13. The number of nitrogens with zero attached hydrogens (tertiary/aromatic N) is 2. The molecule has 0 radical (unpaired) electrons. The predicted molar refractivity (Wildman–Crippen MR) is 81.8 cm³/mol. The minimum Gasteiger partial charge on any atom is -0.420 e. The second-order valence-electron chi connectivity index (χ2n) is 4.36. The Kier molecular flexibility index (Phi) is 4.45. The molecule has 0 bridgehead atoms. The molecule has 1 N–H and O–H groups in total. The molecule has 3 rings (SSSR count). The van der Waals surface area contributed by atoms with Gasteiger partial charge in [0, 0.05) is 13.0 Å². The second kappa shape index (κ2) is 6.86. The fourth-order valence-electron chi connectivity index (χ4n) is 1.76. The molecule has 0 saturated heterocycles. The third-order valence-electron chi connectivity index (χ3n) is 2.76. The van der Waals surface area contributed by atoms with Gasteiger partial charge < -0.3 is 14.5 Å². The Morgan fingerprint density at radius 3 is 2.82 bits per heavy atom. The summed E-state index contributed by atoms with van der Waals surface area (Å²) in [6.45, 7) is 0.359. The zero-order valence-corrected chi connectivity index (χ0v) is 12.4. The van der Waals surface area contributed by atoms with Crippen molar-refractivity contribution in [3.05, 3.63) is 53.7 Å². The highest BCUT2D eigenvalue weighted by Gasteiger charge is 2.10. The SMILES string of the molecule is O=C(NCCc1nnc(-c2cccs2)o1)Oc1ccccc1. The molecule has 0 unspecified atom stereocenters. The first-order valence-corrected chi connectivity index (χ1v) is 7.56. The molecular formula is C15H13N3O3S. The number of hydrogen-bond acceptors (Lipinski definition) is 6. The zero-order valence-electron chi connectivity index (χ0n) is 11.6. The van der Waals surface area contributed by atoms with E-state index in [4.69, 9.17) is 9.15 Å². The van der Waals surface area contributed by atoms with Crippen molar-refractivity contribution >= 4 is 17.4 Å². The van der Waals surface area contributed by atoms with Crippen molar-refractivity contribution in [2.75, 3.05) is 6.54 Å². The van der Waals surface area contributed by atoms with Crippen LogP contribution in [0.2, 0.25) is 0 Å². The largest absolute Gasteiger partial charge is 0.420 e. The van der Waals surface area contributed by atoms with Crippen LogP contribution in [0.4, 0.5) is 4.79 Å². The molecule has 0 atom stereocenters. The maximum Gasteiger partial charge on any atom is 0.412 e. The monoisotopic (exact) mass is 315 g/mol. The number of hydrogen-bond donors (Lipinski definition) is 1. The van der Waals surface area contributed by atoms with Gasteiger partial charge in [0.2, 0.25) is 5.89 Å². The maximum absolute atomic E-state index is 11.6. The van der Waals surface area contributed by atoms with E-state index < -0.39 is 6.09 Å². The van der Waals surface area contributed by atoms with Gasteiger partial charge in [0.1, 0.15) is 5.75 Å². The summed E-state index contributed by atoms with van der Waals surface area (Å²) in [4.78, 5) is 12.5. The van der Waals surface area contributed by atoms with Crippen LogP contribution in [0.1, 0.15) is 5.89 Å². The Morgan fingerprint density at radius 2 is 2.05 bits per heavy atom. The highest BCUT2D eigenvalue weighted by molar-refractivity contribution is 7.13. The molecular weight excluding hydrogens is 302 g/mol. The lowest BCUT2D eigenvalue weighted by atomic mass is 10.3. The molecule has 112 valence electrons. The maximum atomic E-state index is 11.6. The van der Waals surface area contributed by atoms with Crippen LogP contribution in [0.15, 0.2) is 52.3 Å². The third kappa shape index (κ3) is 3.70. The Balaban J connectivity index is 1.46. The van der Waals surface area contributed by atoms with E-state index in [0.717, 1.165) is 4.88 Å². The van der Waals surface area contributed by atoms with Crippen molar-refractivity contribution in [1.82, 2.24) is 15.5 Å². The van der Waals surface area contributed by atoms with E-state index in [1.165, 1.54) is 11.3 Å². The van der Waals surface area contributed by atoms with Crippen LogP contribution in [-0.2, 0) is 6.42 Å². The molecule has 0 saturated carbocycles. The molecule has 6 nitrogen and oxygen atoms in total. The first-order valence-electron chi connectivity index (χ1n) is 6.68. The van der Waals surface area contributed by atoms with E-state index >= 15 is 0 Å². The van der Waals surface area contributed by atoms with Crippen LogP contribution in [0.25, 0.3) is 10.8 Å². The van der Waals surface area contributed by atoms with Gasteiger partial charge in [-0.1, -0.05) is 24.3 Å². The van der Waals surface area contributed by atoms with Gasteiger partial charge in [0.05, 0.1) is 4.88 Å². The van der Waals surface area contributed by atoms with E-state index in [-0.39, 0.29) is 0 Å². The van der Waals surface area contributed by atoms with E-state index in [9.17, 15) is 4.79 Å². The molecule has 3 aromatic rings. The summed E-state index contributed by atoms with van der Waals surface area (Å²) in [6, 6.07) is 12.7. The molecule has 0 spiro atoms. The van der Waals surface area contributed by atoms with Gasteiger partial charge in [0.15, 0.2) is 0 Å². The number of amides is 1. The fourth-order valence-corrected chi connectivity index (χ4v) is 2.40. The van der Waals surface area contributed by atoms with Crippen LogP contribution in [0, 0.1) is 0 Å². The quantitative estimate of drug-likeness (QED) is 0.782. The number of rotatable bonds is 5. The molecule has 0 aliphatic heterocycles. The number of thiophene rings is 1. The standard InChI is InChI=1S/C15H13N3O3S/c19-15(20-11-5-2-1-3-6-11)16-9-8-13-17-18-14(21-13)12-7-4-10-22-12/h1-7,10H,8-9H2,(H,16,19). The number of carbonyl (C=O) groups is 1. The fraction of sp³-hybridized carbons (Fsp3) is 0.133. The van der Waals surface area contributed by atoms with Gasteiger partial charge >= 0.3 is 6.09 Å². The summed E-state index contributed by atoms with van der Waals surface area (Å²) in [6.07, 6.45) is -0.0633. The summed E-state index contributed by atoms with van der Waals surface area (Å²) in [5.74, 6) is 1.47. The molecule has 2 heterocycles. The van der Waals surface area contributed by atoms with Crippen molar-refractivity contribution in [2.45, 2.75) is 6.42 Å². The molecule has 1 amide bonds. The van der Waals surface area contributed by atoms with Gasteiger partial charge in [-0.05, 0) is 23.6 Å². The van der Waals surface area contributed by atoms with Crippen molar-refractivity contribution < 1.29 is 13.9 Å². The lowest BCUT2D eigenvalue weighted by Crippen LogP contribution is -2.28. The summed E-state index contributed by atoms with van der Waals surface area (Å²) >= 11 is 1.53. The first kappa shape index (κ1) is 14.3. The Hall–Kier alpha value is -2.67. The summed E-state index contributed by atoms with van der Waals surface area (Å²) in [5.41, 5.74) is 0. The highest BCUT2D eigenvalue weighted by Crippen LogP contribution is 2.22. The summed E-state index contributed by atoms with van der Waals surface area (Å²) in [7, 11) is 0. The number of nitrogens with one attached hydrogen (secondary N) is 1. The minimum absolute atomic E-state index is 0.359. The smallest absolute Gasteiger partial charge is 0.412 e. The van der Waals surface area contributed by atoms with Gasteiger partial charge in [-0.2, -0.15) is 0 Å². The van der Waals surface area contributed by atoms with E-state index in [0.29, 0.717) is 30.5 Å². The lowest BCUT2D eigenvalue weighted by Gasteiger charge is -2.04. The van der Waals surface area contributed by atoms with Crippen LogP contribution in [0.5, 0.6) is 5.75 Å². The number of para-hydroxylation sites is 1. The van der Waals surface area contributed by atoms with Gasteiger partial charge in [-0.3, -0.25) is 0 Å². The second-order valence-corrected chi connectivity index (χ2v) is 5.31. The van der Waals surface area contributed by atoms with Crippen LogP contribution in [0.3, 0.4) is 0 Å². The summed E-state index contributed by atoms with van der Waals surface area (Å²) in [5, 5.41) is 12.5. The van der Waals surface area contributed by atoms with Gasteiger partial charge in [0.25, 0.3) is 5.89 Å². The number of carbonyl (C=O) groups excluding carboxylic acids is 1. The average Bonchev–Trinajstić information content (AvgIpc) is 3.19. The molecule has 1 aromatic carbocycles. The number of ether oxygens (including phenoxy) is 1. The third-order valence-corrected chi connectivity index (χ3v) is 3.62. The average molecular weight is 315 g/mol. The van der Waals surface area contributed by atoms with E-state index in [2.05, 4.69) is 15.5 Å². The van der Waals surface area contributed by atoms with Gasteiger partial charge in [-0.25, -0.2) is 4.79 Å². The Morgan fingerprint density at radius 1 is 1.18 bits per heavy atom. The normalized spacial score (nSPS) is 10.4. The molecule has 0 aliphatic rings. The van der Waals surface area contributed by atoms with Crippen molar-refractivity contribution in [2.24, 2.45) is 0 Å². The number of aromatic nitrogens is 2. The van der Waals surface area contributed by atoms with E-state index in [1.54, 1.807) is 24.3 Å². The van der Waals surface area contributed by atoms with Crippen LogP contribution < -0.4 is 10.1 Å². The van der Waals surface area contributed by atoms with Crippen molar-refractivity contribution in [3.8, 4) is 16.5 Å². The molecule has 0 aliphatic carbocycles. The highest BCUT2D eigenvalue weighted by atomic mass is 32.1. The van der Waals surface area contributed by atoms with Crippen LogP contribution >= 0.6 is 11.3 Å². The Bertz CT molecular complexity index is 726. The minimum atomic E-state index is -0.510. The lowest BCUT2D eigenvalue weighted by molar-refractivity contribution is 0.200. The Labute approximate surface area is 130 Å². The van der Waals surface area contributed by atoms with Crippen LogP contribution in [-0.4, -0.2) is 22.8 Å². The van der Waals surface area contributed by atoms with Crippen molar-refractivity contribution in [1.29, 1.82) is 0 Å². The zero-order chi connectivity index (χ0) is 15.2. The van der Waals surface area contributed by atoms with Crippen molar-refractivity contribution in [3.63, 3.8) is 0 Å². The summed E-state index contributed by atoms with van der Waals surface area (Å²) < 4.78 is 10.6. The molecule has 22 heavy (non-hydrogen) atoms. The topological polar surface area (TPSA) is 77.3 Å².